The number of rotatable bonds is 4. The molecule has 0 nitrogen and oxygen atoms in total. The van der Waals surface area contributed by atoms with Crippen molar-refractivity contribution in [3.05, 3.63) is 53.8 Å². The third-order valence-corrected chi connectivity index (χ3v) is 6.58. The summed E-state index contributed by atoms with van der Waals surface area (Å²) in [6.07, 6.45) is 2.72. The number of benzene rings is 1. The molecular weight excluding hydrogens is 275 g/mol. The number of hydrogen-bond acceptors (Lipinski definition) is 1. The summed E-state index contributed by atoms with van der Waals surface area (Å²) in [5, 5.41) is 1.20. The Bertz CT molecular complexity index is 381. The first-order valence-electron chi connectivity index (χ1n) is 4.22. The van der Waals surface area contributed by atoms with Crippen LogP contribution in [0.15, 0.2) is 53.8 Å². The lowest BCUT2D eigenvalue weighted by molar-refractivity contribution is 1.68. The van der Waals surface area contributed by atoms with E-state index < -0.39 is 6.04 Å². The molecule has 0 heterocycles. The van der Waals surface area contributed by atoms with Gasteiger partial charge in [-0.1, -0.05) is 58.3 Å². The smallest absolute Gasteiger partial charge is 0.0175 e. The summed E-state index contributed by atoms with van der Waals surface area (Å²) in [4.78, 5) is 0. The molecule has 1 aromatic carbocycles. The van der Waals surface area contributed by atoms with Crippen LogP contribution in [0, 0.1) is 0 Å². The summed E-state index contributed by atoms with van der Waals surface area (Å²) < 4.78 is 1.07. The molecule has 0 aromatic heterocycles. The van der Waals surface area contributed by atoms with Crippen molar-refractivity contribution < 1.29 is 0 Å². The summed E-state index contributed by atoms with van der Waals surface area (Å²) >= 11 is 9.02. The molecule has 0 bridgehead atoms. The second-order valence-corrected chi connectivity index (χ2v) is 8.63. The maximum Gasteiger partial charge on any atom is 0.0175 e. The lowest BCUT2D eigenvalue weighted by Gasteiger charge is -2.15. The van der Waals surface area contributed by atoms with Crippen LogP contribution in [0.2, 0.25) is 0 Å². The maximum absolute atomic E-state index is 5.62. The Hall–Kier alpha value is -0.170. The van der Waals surface area contributed by atoms with Crippen molar-refractivity contribution >= 4 is 39.1 Å². The Balaban J connectivity index is 3.12. The molecule has 1 rings (SSSR count). The van der Waals surface area contributed by atoms with E-state index in [2.05, 4.69) is 41.2 Å². The van der Waals surface area contributed by atoms with Crippen LogP contribution < -0.4 is 5.30 Å². The van der Waals surface area contributed by atoms with Gasteiger partial charge in [0, 0.05) is 16.7 Å². The van der Waals surface area contributed by atoms with E-state index in [9.17, 15) is 0 Å². The van der Waals surface area contributed by atoms with Crippen LogP contribution in [-0.2, 0) is 11.8 Å². The van der Waals surface area contributed by atoms with Crippen LogP contribution in [0.1, 0.15) is 0 Å². The first-order valence-corrected chi connectivity index (χ1v) is 8.07. The molecule has 1 unspecified atom stereocenters. The third-order valence-electron chi connectivity index (χ3n) is 1.96. The lowest BCUT2D eigenvalue weighted by Crippen LogP contribution is -2.03. The third kappa shape index (κ3) is 2.66. The zero-order valence-corrected chi connectivity index (χ0v) is 11.1. The van der Waals surface area contributed by atoms with Gasteiger partial charge in [-0.15, -0.1) is 6.58 Å². The van der Waals surface area contributed by atoms with Gasteiger partial charge < -0.3 is 0 Å². The molecule has 1 atom stereocenters. The summed E-state index contributed by atoms with van der Waals surface area (Å²) in [6.45, 7) is 7.58. The molecule has 0 amide bonds. The molecule has 0 aliphatic heterocycles. The average molecular weight is 287 g/mol. The molecule has 3 heteroatoms. The molecule has 1 aromatic rings. The highest BCUT2D eigenvalue weighted by Gasteiger charge is 2.12. The van der Waals surface area contributed by atoms with Gasteiger partial charge in [0.15, 0.2) is 0 Å². The lowest BCUT2D eigenvalue weighted by atomic mass is 10.4. The van der Waals surface area contributed by atoms with Crippen LogP contribution in [0.25, 0.3) is 0 Å². The van der Waals surface area contributed by atoms with Crippen LogP contribution in [0.5, 0.6) is 0 Å². The van der Waals surface area contributed by atoms with Crippen LogP contribution in [0.4, 0.5) is 0 Å². The Morgan fingerprint density at radius 1 is 1.29 bits per heavy atom. The van der Waals surface area contributed by atoms with Crippen molar-refractivity contribution in [3.8, 4) is 0 Å². The summed E-state index contributed by atoms with van der Waals surface area (Å²) in [5.74, 6) is 1.91. The quantitative estimate of drug-likeness (QED) is 0.598. The van der Waals surface area contributed by atoms with Gasteiger partial charge in [-0.3, -0.25) is 0 Å². The van der Waals surface area contributed by atoms with E-state index in [0.29, 0.717) is 0 Å². The van der Waals surface area contributed by atoms with Gasteiger partial charge in [-0.2, -0.15) is 0 Å². The van der Waals surface area contributed by atoms with Crippen molar-refractivity contribution in [1.29, 1.82) is 0 Å². The zero-order valence-electron chi connectivity index (χ0n) is 7.82. The van der Waals surface area contributed by atoms with E-state index >= 15 is 0 Å². The SMILES string of the molecule is C=CCP(=S)(C=C)c1ccc(Br)cc1. The van der Waals surface area contributed by atoms with Crippen molar-refractivity contribution in [2.75, 3.05) is 6.16 Å². The van der Waals surface area contributed by atoms with E-state index in [1.165, 1.54) is 5.30 Å². The van der Waals surface area contributed by atoms with Gasteiger partial charge >= 0.3 is 0 Å². The fraction of sp³-hybridized carbons (Fsp3) is 0.0909. The molecule has 0 fully saturated rings. The standard InChI is InChI=1S/C11H12BrPS/c1-3-9-13(14,4-2)11-7-5-10(12)6-8-11/h3-8H,1-2,9H2. The molecule has 0 N–H and O–H groups in total. The van der Waals surface area contributed by atoms with Gasteiger partial charge in [-0.25, -0.2) is 0 Å². The Kier molecular flexibility index (Phi) is 4.31. The minimum Gasteiger partial charge on any atom is -0.103 e. The number of hydrogen-bond donors (Lipinski definition) is 0. The fourth-order valence-corrected chi connectivity index (χ4v) is 3.72. The first kappa shape index (κ1) is 11.9. The largest absolute Gasteiger partial charge is 0.103 e. The second-order valence-electron chi connectivity index (χ2n) is 2.93. The van der Waals surface area contributed by atoms with Gasteiger partial charge in [0.05, 0.1) is 0 Å². The highest BCUT2D eigenvalue weighted by atomic mass is 79.9. The van der Waals surface area contributed by atoms with Gasteiger partial charge in [0.25, 0.3) is 0 Å². The zero-order chi connectivity index (χ0) is 10.6. The van der Waals surface area contributed by atoms with E-state index in [-0.39, 0.29) is 0 Å². The molecule has 74 valence electrons. The topological polar surface area (TPSA) is 0 Å². The van der Waals surface area contributed by atoms with Crippen molar-refractivity contribution in [1.82, 2.24) is 0 Å². The van der Waals surface area contributed by atoms with E-state index in [4.69, 9.17) is 11.8 Å². The van der Waals surface area contributed by atoms with Crippen molar-refractivity contribution in [2.45, 2.75) is 0 Å². The van der Waals surface area contributed by atoms with Crippen LogP contribution in [-0.4, -0.2) is 6.16 Å². The van der Waals surface area contributed by atoms with E-state index in [1.54, 1.807) is 0 Å². The maximum atomic E-state index is 5.62. The van der Waals surface area contributed by atoms with Gasteiger partial charge in [0.2, 0.25) is 0 Å². The number of allylic oxidation sites excluding steroid dienone is 1. The highest BCUT2D eigenvalue weighted by Crippen LogP contribution is 2.45. The summed E-state index contributed by atoms with van der Waals surface area (Å²) in [6, 6.07) is 6.55. The Morgan fingerprint density at radius 3 is 2.29 bits per heavy atom. The predicted molar refractivity (Wildman–Crippen MR) is 73.3 cm³/mol. The van der Waals surface area contributed by atoms with Crippen LogP contribution in [0.3, 0.4) is 0 Å². The minimum atomic E-state index is -1.61. The van der Waals surface area contributed by atoms with Crippen molar-refractivity contribution in [3.63, 3.8) is 0 Å². The number of halogens is 1. The van der Waals surface area contributed by atoms with E-state index in [0.717, 1.165) is 10.6 Å². The van der Waals surface area contributed by atoms with Crippen LogP contribution >= 0.6 is 22.0 Å². The van der Waals surface area contributed by atoms with Crippen molar-refractivity contribution in [2.24, 2.45) is 0 Å². The molecule has 0 saturated carbocycles. The molecule has 0 spiro atoms. The van der Waals surface area contributed by atoms with Gasteiger partial charge in [0.1, 0.15) is 0 Å². The molecule has 0 radical (unpaired) electrons. The monoisotopic (exact) mass is 286 g/mol. The predicted octanol–water partition coefficient (Wildman–Crippen LogP) is 3.88. The molecule has 0 aliphatic rings. The second kappa shape index (κ2) is 5.06. The van der Waals surface area contributed by atoms with E-state index in [1.807, 2.05) is 24.0 Å². The van der Waals surface area contributed by atoms with Gasteiger partial charge in [-0.05, 0) is 17.4 Å². The first-order chi connectivity index (χ1) is 6.62. The Labute approximate surface area is 98.9 Å². The fourth-order valence-electron chi connectivity index (χ4n) is 1.17. The average Bonchev–Trinajstić information content (AvgIpc) is 2.19. The molecule has 0 saturated heterocycles. The highest BCUT2D eigenvalue weighted by molar-refractivity contribution is 9.10. The Morgan fingerprint density at radius 2 is 1.86 bits per heavy atom. The molecule has 14 heavy (non-hydrogen) atoms. The molecule has 0 aliphatic carbocycles. The summed E-state index contributed by atoms with van der Waals surface area (Å²) in [7, 11) is 0. The minimum absolute atomic E-state index is 0.841. The molecular formula is C11H12BrPS. The normalized spacial score (nSPS) is 14.4. The summed E-state index contributed by atoms with van der Waals surface area (Å²) in [5.41, 5.74) is 0.